The van der Waals surface area contributed by atoms with Crippen molar-refractivity contribution in [2.45, 2.75) is 58.5 Å². The van der Waals surface area contributed by atoms with Crippen LogP contribution in [0.2, 0.25) is 0 Å². The lowest BCUT2D eigenvalue weighted by atomic mass is 9.93. The van der Waals surface area contributed by atoms with Crippen molar-refractivity contribution in [3.05, 3.63) is 42.4 Å². The van der Waals surface area contributed by atoms with Gasteiger partial charge in [0.25, 0.3) is 0 Å². The summed E-state index contributed by atoms with van der Waals surface area (Å²) in [6.07, 6.45) is 10.0. The van der Waals surface area contributed by atoms with Crippen LogP contribution in [0.25, 0.3) is 21.9 Å². The monoisotopic (exact) mass is 474 g/mol. The van der Waals surface area contributed by atoms with Crippen LogP contribution in [0.5, 0.6) is 0 Å². The van der Waals surface area contributed by atoms with Gasteiger partial charge in [-0.25, -0.2) is 4.98 Å². The lowest BCUT2D eigenvalue weighted by Gasteiger charge is -2.35. The number of carbonyl (C=O) groups excluding carboxylic acids is 1. The average Bonchev–Trinajstić information content (AvgIpc) is 3.21. The molecule has 1 amide bonds. The van der Waals surface area contributed by atoms with Gasteiger partial charge < -0.3 is 5.32 Å². The zero-order valence-corrected chi connectivity index (χ0v) is 21.3. The van der Waals surface area contributed by atoms with Crippen LogP contribution in [-0.4, -0.2) is 62.7 Å². The molecule has 2 aliphatic rings. The van der Waals surface area contributed by atoms with Gasteiger partial charge in [0.15, 0.2) is 0 Å². The number of benzene rings is 1. The molecule has 7 nitrogen and oxygen atoms in total. The number of piperidine rings is 2. The summed E-state index contributed by atoms with van der Waals surface area (Å²) >= 11 is 0. The molecule has 0 saturated carbocycles. The molecule has 2 unspecified atom stereocenters. The van der Waals surface area contributed by atoms with Crippen LogP contribution in [0.15, 0.2) is 36.7 Å². The van der Waals surface area contributed by atoms with E-state index < -0.39 is 0 Å². The van der Waals surface area contributed by atoms with Crippen molar-refractivity contribution in [2.75, 3.05) is 31.5 Å². The summed E-state index contributed by atoms with van der Waals surface area (Å²) in [5, 5.41) is 9.74. The second-order valence-corrected chi connectivity index (χ2v) is 10.6. The second kappa shape index (κ2) is 10.5. The molecular formula is C28H38N6O. The number of carbonyl (C=O) groups is 1. The number of rotatable bonds is 6. The molecule has 2 fully saturated rings. The van der Waals surface area contributed by atoms with Gasteiger partial charge in [-0.1, -0.05) is 25.5 Å². The highest BCUT2D eigenvalue weighted by Gasteiger charge is 2.24. The van der Waals surface area contributed by atoms with Crippen LogP contribution in [0, 0.1) is 5.92 Å². The van der Waals surface area contributed by atoms with Crippen molar-refractivity contribution in [2.24, 2.45) is 13.0 Å². The zero-order chi connectivity index (χ0) is 24.4. The molecule has 186 valence electrons. The highest BCUT2D eigenvalue weighted by atomic mass is 16.2. The number of hydrogen-bond acceptors (Lipinski definition) is 5. The van der Waals surface area contributed by atoms with Crippen LogP contribution in [0.3, 0.4) is 0 Å². The third kappa shape index (κ3) is 5.57. The first kappa shape index (κ1) is 23.9. The Morgan fingerprint density at radius 3 is 2.69 bits per heavy atom. The minimum atomic E-state index is 0.00508. The summed E-state index contributed by atoms with van der Waals surface area (Å²) in [6, 6.07) is 8.88. The number of likely N-dealkylation sites (tertiary alicyclic amines) is 2. The molecular weight excluding hydrogens is 436 g/mol. The van der Waals surface area contributed by atoms with Crippen LogP contribution in [0.4, 0.5) is 5.82 Å². The molecule has 2 aliphatic heterocycles. The van der Waals surface area contributed by atoms with Crippen molar-refractivity contribution in [1.29, 1.82) is 0 Å². The van der Waals surface area contributed by atoms with E-state index in [4.69, 9.17) is 0 Å². The summed E-state index contributed by atoms with van der Waals surface area (Å²) < 4.78 is 2.01. The fourth-order valence-corrected chi connectivity index (χ4v) is 5.66. The molecule has 35 heavy (non-hydrogen) atoms. The van der Waals surface area contributed by atoms with Crippen molar-refractivity contribution in [3.63, 3.8) is 0 Å². The first-order chi connectivity index (χ1) is 17.0. The Labute approximate surface area is 208 Å². The van der Waals surface area contributed by atoms with E-state index in [0.29, 0.717) is 18.4 Å². The maximum atomic E-state index is 12.8. The van der Waals surface area contributed by atoms with Crippen LogP contribution < -0.4 is 5.32 Å². The summed E-state index contributed by atoms with van der Waals surface area (Å²) in [6.45, 7) is 9.16. The molecule has 1 aromatic carbocycles. The van der Waals surface area contributed by atoms with Crippen LogP contribution >= 0.6 is 0 Å². The number of fused-ring (bicyclic) bond motifs is 1. The molecule has 1 N–H and O–H groups in total. The summed E-state index contributed by atoms with van der Waals surface area (Å²) in [4.78, 5) is 22.1. The number of aromatic nitrogens is 3. The highest BCUT2D eigenvalue weighted by Crippen LogP contribution is 2.29. The van der Waals surface area contributed by atoms with Gasteiger partial charge >= 0.3 is 0 Å². The first-order valence-corrected chi connectivity index (χ1v) is 13.1. The standard InChI is InChI=1S/C28H38N6O/c1-20-9-12-34(21(2)13-20)19-28(35)31-27-15-24-14-22(7-8-23(24)16-29-27)25-17-30-32(3)26(25)18-33-10-5-4-6-11-33/h7-8,14-17,20-21H,4-6,9-13,18-19H2,1-3H3,(H,29,31,35). The van der Waals surface area contributed by atoms with Gasteiger partial charge in [-0.2, -0.15) is 5.10 Å². The summed E-state index contributed by atoms with van der Waals surface area (Å²) in [5.41, 5.74) is 3.58. The number of nitrogens with zero attached hydrogens (tertiary/aromatic N) is 5. The Morgan fingerprint density at radius 1 is 1.06 bits per heavy atom. The second-order valence-electron chi connectivity index (χ2n) is 10.6. The quantitative estimate of drug-likeness (QED) is 0.562. The molecule has 7 heteroatoms. The minimum Gasteiger partial charge on any atom is -0.310 e. The number of amides is 1. The van der Waals surface area contributed by atoms with E-state index in [9.17, 15) is 4.79 Å². The number of pyridine rings is 1. The number of nitrogens with one attached hydrogen (secondary N) is 1. The van der Waals surface area contributed by atoms with Crippen molar-refractivity contribution in [3.8, 4) is 11.1 Å². The molecule has 2 aromatic heterocycles. The topological polar surface area (TPSA) is 66.3 Å². The van der Waals surface area contributed by atoms with Gasteiger partial charge in [0, 0.05) is 36.8 Å². The largest absolute Gasteiger partial charge is 0.310 e. The fraction of sp³-hybridized carbons (Fsp3) is 0.536. The molecule has 0 bridgehead atoms. The predicted octanol–water partition coefficient (Wildman–Crippen LogP) is 4.68. The van der Waals surface area contributed by atoms with E-state index in [1.165, 1.54) is 30.5 Å². The Balaban J connectivity index is 1.32. The molecule has 2 saturated heterocycles. The fourth-order valence-electron chi connectivity index (χ4n) is 5.66. The summed E-state index contributed by atoms with van der Waals surface area (Å²) in [7, 11) is 2.03. The van der Waals surface area contributed by atoms with Crippen LogP contribution in [-0.2, 0) is 18.4 Å². The maximum absolute atomic E-state index is 12.8. The van der Waals surface area contributed by atoms with Gasteiger partial charge in [-0.05, 0) is 81.2 Å². The lowest BCUT2D eigenvalue weighted by Crippen LogP contribution is -2.44. The zero-order valence-electron chi connectivity index (χ0n) is 21.3. The normalized spacial score (nSPS) is 21.9. The Bertz CT molecular complexity index is 1180. The van der Waals surface area contributed by atoms with Crippen molar-refractivity contribution >= 4 is 22.5 Å². The first-order valence-electron chi connectivity index (χ1n) is 13.1. The van der Waals surface area contributed by atoms with E-state index >= 15 is 0 Å². The smallest absolute Gasteiger partial charge is 0.239 e. The molecule has 4 heterocycles. The molecule has 0 aliphatic carbocycles. The molecule has 2 atom stereocenters. The highest BCUT2D eigenvalue weighted by molar-refractivity contribution is 5.95. The van der Waals surface area contributed by atoms with Crippen LogP contribution in [0.1, 0.15) is 51.6 Å². The van der Waals surface area contributed by atoms with Gasteiger partial charge in [-0.3, -0.25) is 19.3 Å². The van der Waals surface area contributed by atoms with E-state index in [1.807, 2.05) is 30.2 Å². The molecule has 3 aromatic rings. The molecule has 5 rings (SSSR count). The number of hydrogen-bond donors (Lipinski definition) is 1. The Hall–Kier alpha value is -2.77. The lowest BCUT2D eigenvalue weighted by molar-refractivity contribution is -0.118. The van der Waals surface area contributed by atoms with Gasteiger partial charge in [0.1, 0.15) is 5.82 Å². The van der Waals surface area contributed by atoms with E-state index in [0.717, 1.165) is 61.3 Å². The summed E-state index contributed by atoms with van der Waals surface area (Å²) in [5.74, 6) is 1.35. The van der Waals surface area contributed by atoms with Crippen molar-refractivity contribution < 1.29 is 4.79 Å². The van der Waals surface area contributed by atoms with Gasteiger partial charge in [-0.15, -0.1) is 0 Å². The Morgan fingerprint density at radius 2 is 1.89 bits per heavy atom. The number of aryl methyl sites for hydroxylation is 1. The predicted molar refractivity (Wildman–Crippen MR) is 141 cm³/mol. The van der Waals surface area contributed by atoms with Gasteiger partial charge in [0.05, 0.1) is 18.4 Å². The SMILES string of the molecule is CC1CCN(CC(=O)Nc2cc3cc(-c4cnn(C)c4CN4CCCCC4)ccc3cn2)C(C)C1. The van der Waals surface area contributed by atoms with Gasteiger partial charge in [0.2, 0.25) is 5.91 Å². The average molecular weight is 475 g/mol. The Kier molecular flexibility index (Phi) is 7.16. The van der Waals surface area contributed by atoms with E-state index in [-0.39, 0.29) is 5.91 Å². The van der Waals surface area contributed by atoms with E-state index in [2.05, 4.69) is 57.2 Å². The number of anilines is 1. The maximum Gasteiger partial charge on any atom is 0.239 e. The molecule has 0 radical (unpaired) electrons. The third-order valence-electron chi connectivity index (χ3n) is 7.81. The molecule has 0 spiro atoms. The van der Waals surface area contributed by atoms with Crippen molar-refractivity contribution in [1.82, 2.24) is 24.6 Å². The third-order valence-corrected chi connectivity index (χ3v) is 7.81. The minimum absolute atomic E-state index is 0.00508. The van der Waals surface area contributed by atoms with E-state index in [1.54, 1.807) is 0 Å².